The summed E-state index contributed by atoms with van der Waals surface area (Å²) in [5.74, 6) is -1.64. The standard InChI is InChI=1S/C12H13Cl2NO5/c13-7-1-2-8(14)10(5-7)20-6-11(17)15-9(3-4-16)12(18)19/h1-2,5,9,16H,3-4,6H2,(H,15,17)(H,18,19). The first-order valence-electron chi connectivity index (χ1n) is 5.65. The highest BCUT2D eigenvalue weighted by Crippen LogP contribution is 2.27. The molecule has 0 heterocycles. The van der Waals surface area contributed by atoms with Gasteiger partial charge in [0.05, 0.1) is 5.02 Å². The van der Waals surface area contributed by atoms with E-state index in [1.165, 1.54) is 12.1 Å². The van der Waals surface area contributed by atoms with Crippen LogP contribution < -0.4 is 10.1 Å². The molecule has 3 N–H and O–H groups in total. The molecule has 1 unspecified atom stereocenters. The van der Waals surface area contributed by atoms with Crippen LogP contribution in [0, 0.1) is 0 Å². The fourth-order valence-corrected chi connectivity index (χ4v) is 1.69. The number of hydrogen-bond acceptors (Lipinski definition) is 4. The number of aliphatic carboxylic acids is 1. The van der Waals surface area contributed by atoms with Crippen LogP contribution in [0.5, 0.6) is 5.75 Å². The van der Waals surface area contributed by atoms with Crippen LogP contribution in [0.4, 0.5) is 0 Å². The Labute approximate surface area is 125 Å². The Bertz CT molecular complexity index is 495. The number of carboxylic acid groups (broad SMARTS) is 1. The number of nitrogens with one attached hydrogen (secondary N) is 1. The normalized spacial score (nSPS) is 11.8. The number of ether oxygens (including phenoxy) is 1. The molecule has 0 bridgehead atoms. The molecule has 110 valence electrons. The Morgan fingerprint density at radius 3 is 2.65 bits per heavy atom. The first kappa shape index (κ1) is 16.6. The van der Waals surface area contributed by atoms with Crippen molar-refractivity contribution >= 4 is 35.1 Å². The zero-order valence-corrected chi connectivity index (χ0v) is 11.8. The van der Waals surface area contributed by atoms with Gasteiger partial charge in [-0.15, -0.1) is 0 Å². The average Bonchev–Trinajstić information content (AvgIpc) is 2.39. The van der Waals surface area contributed by atoms with Crippen molar-refractivity contribution in [1.82, 2.24) is 5.32 Å². The zero-order valence-electron chi connectivity index (χ0n) is 10.3. The van der Waals surface area contributed by atoms with Gasteiger partial charge in [-0.3, -0.25) is 4.79 Å². The SMILES string of the molecule is O=C(COc1cc(Cl)ccc1Cl)NC(CCO)C(=O)O. The second kappa shape index (κ2) is 7.94. The molecule has 20 heavy (non-hydrogen) atoms. The van der Waals surface area contributed by atoms with Crippen molar-refractivity contribution in [3.63, 3.8) is 0 Å². The van der Waals surface area contributed by atoms with Crippen LogP contribution in [0.2, 0.25) is 10.0 Å². The molecule has 1 atom stereocenters. The number of benzene rings is 1. The van der Waals surface area contributed by atoms with Crippen molar-refractivity contribution < 1.29 is 24.5 Å². The van der Waals surface area contributed by atoms with Gasteiger partial charge in [0.25, 0.3) is 5.91 Å². The third-order valence-corrected chi connectivity index (χ3v) is 2.85. The molecular formula is C12H13Cl2NO5. The summed E-state index contributed by atoms with van der Waals surface area (Å²) in [4.78, 5) is 22.3. The second-order valence-corrected chi connectivity index (χ2v) is 4.68. The number of carbonyl (C=O) groups is 2. The lowest BCUT2D eigenvalue weighted by atomic mass is 10.2. The van der Waals surface area contributed by atoms with E-state index >= 15 is 0 Å². The Balaban J connectivity index is 2.54. The first-order chi connectivity index (χ1) is 9.43. The van der Waals surface area contributed by atoms with Crippen LogP contribution in [0.25, 0.3) is 0 Å². The lowest BCUT2D eigenvalue weighted by Gasteiger charge is -2.14. The summed E-state index contributed by atoms with van der Waals surface area (Å²) in [5.41, 5.74) is 0. The molecule has 1 aromatic carbocycles. The van der Waals surface area contributed by atoms with Crippen LogP contribution in [0.3, 0.4) is 0 Å². The molecule has 0 radical (unpaired) electrons. The monoisotopic (exact) mass is 321 g/mol. The second-order valence-electron chi connectivity index (χ2n) is 3.83. The Morgan fingerprint density at radius 1 is 1.35 bits per heavy atom. The number of rotatable bonds is 7. The van der Waals surface area contributed by atoms with E-state index in [1.807, 2.05) is 0 Å². The highest BCUT2D eigenvalue weighted by molar-refractivity contribution is 6.34. The highest BCUT2D eigenvalue weighted by Gasteiger charge is 2.19. The van der Waals surface area contributed by atoms with Crippen molar-refractivity contribution in [1.29, 1.82) is 0 Å². The fraction of sp³-hybridized carbons (Fsp3) is 0.333. The zero-order chi connectivity index (χ0) is 15.1. The van der Waals surface area contributed by atoms with Gasteiger partial charge in [0.2, 0.25) is 0 Å². The molecule has 0 aliphatic rings. The maximum atomic E-state index is 11.5. The Hall–Kier alpha value is -1.50. The molecule has 0 aliphatic heterocycles. The van der Waals surface area contributed by atoms with Gasteiger partial charge in [0.1, 0.15) is 11.8 Å². The number of amides is 1. The molecule has 0 fully saturated rings. The molecule has 8 heteroatoms. The summed E-state index contributed by atoms with van der Waals surface area (Å²) in [6.45, 7) is -0.756. The number of aliphatic hydroxyl groups excluding tert-OH is 1. The smallest absolute Gasteiger partial charge is 0.326 e. The van der Waals surface area contributed by atoms with E-state index in [9.17, 15) is 9.59 Å². The first-order valence-corrected chi connectivity index (χ1v) is 6.40. The van der Waals surface area contributed by atoms with Crippen molar-refractivity contribution in [2.45, 2.75) is 12.5 Å². The lowest BCUT2D eigenvalue weighted by Crippen LogP contribution is -2.43. The van der Waals surface area contributed by atoms with Crippen LogP contribution in [-0.2, 0) is 9.59 Å². The van der Waals surface area contributed by atoms with E-state index < -0.39 is 24.5 Å². The molecule has 0 saturated heterocycles. The molecule has 0 aliphatic carbocycles. The van der Waals surface area contributed by atoms with Gasteiger partial charge in [-0.1, -0.05) is 23.2 Å². The van der Waals surface area contributed by atoms with Gasteiger partial charge in [0, 0.05) is 24.1 Å². The Morgan fingerprint density at radius 2 is 2.05 bits per heavy atom. The number of carboxylic acids is 1. The summed E-state index contributed by atoms with van der Waals surface area (Å²) in [6.07, 6.45) is -0.0843. The number of hydrogen-bond donors (Lipinski definition) is 3. The third-order valence-electron chi connectivity index (χ3n) is 2.30. The molecule has 1 rings (SSSR count). The van der Waals surface area contributed by atoms with E-state index in [0.717, 1.165) is 0 Å². The van der Waals surface area contributed by atoms with E-state index in [0.29, 0.717) is 5.02 Å². The van der Waals surface area contributed by atoms with Crippen molar-refractivity contribution in [2.75, 3.05) is 13.2 Å². The van der Waals surface area contributed by atoms with Gasteiger partial charge < -0.3 is 20.3 Å². The minimum atomic E-state index is -1.23. The minimum absolute atomic E-state index is 0.0843. The highest BCUT2D eigenvalue weighted by atomic mass is 35.5. The van der Waals surface area contributed by atoms with Crippen molar-refractivity contribution in [3.05, 3.63) is 28.2 Å². The van der Waals surface area contributed by atoms with E-state index in [-0.39, 0.29) is 23.8 Å². The maximum Gasteiger partial charge on any atom is 0.326 e. The van der Waals surface area contributed by atoms with Gasteiger partial charge in [-0.25, -0.2) is 4.79 Å². The predicted molar refractivity (Wildman–Crippen MR) is 73.2 cm³/mol. The minimum Gasteiger partial charge on any atom is -0.482 e. The quantitative estimate of drug-likeness (QED) is 0.704. The third kappa shape index (κ3) is 5.24. The molecule has 0 aromatic heterocycles. The van der Waals surface area contributed by atoms with Gasteiger partial charge in [-0.2, -0.15) is 0 Å². The van der Waals surface area contributed by atoms with Crippen LogP contribution in [0.1, 0.15) is 6.42 Å². The van der Waals surface area contributed by atoms with Crippen molar-refractivity contribution in [3.8, 4) is 5.75 Å². The average molecular weight is 322 g/mol. The van der Waals surface area contributed by atoms with Gasteiger partial charge >= 0.3 is 5.97 Å². The molecular weight excluding hydrogens is 309 g/mol. The van der Waals surface area contributed by atoms with Crippen LogP contribution in [0.15, 0.2) is 18.2 Å². The van der Waals surface area contributed by atoms with Gasteiger partial charge in [-0.05, 0) is 12.1 Å². The van der Waals surface area contributed by atoms with E-state index in [4.69, 9.17) is 38.2 Å². The van der Waals surface area contributed by atoms with Gasteiger partial charge in [0.15, 0.2) is 6.61 Å². The van der Waals surface area contributed by atoms with E-state index in [2.05, 4.69) is 5.32 Å². The summed E-state index contributed by atoms with van der Waals surface area (Å²) in [5, 5.41) is 20.4. The number of aliphatic hydroxyl groups is 1. The number of halogens is 2. The van der Waals surface area contributed by atoms with E-state index in [1.54, 1.807) is 6.07 Å². The topological polar surface area (TPSA) is 95.9 Å². The fourth-order valence-electron chi connectivity index (χ4n) is 1.35. The molecule has 0 saturated carbocycles. The molecule has 1 amide bonds. The summed E-state index contributed by atoms with van der Waals surface area (Å²) in [6, 6.07) is 3.37. The molecule has 6 nitrogen and oxygen atoms in total. The van der Waals surface area contributed by atoms with Crippen molar-refractivity contribution in [2.24, 2.45) is 0 Å². The summed E-state index contributed by atoms with van der Waals surface area (Å²) >= 11 is 11.6. The molecule has 0 spiro atoms. The maximum absolute atomic E-state index is 11.5. The lowest BCUT2D eigenvalue weighted by molar-refractivity contribution is -0.142. The molecule has 1 aromatic rings. The number of carbonyl (C=O) groups excluding carboxylic acids is 1. The summed E-state index contributed by atoms with van der Waals surface area (Å²) in [7, 11) is 0. The largest absolute Gasteiger partial charge is 0.482 e. The van der Waals surface area contributed by atoms with Crippen LogP contribution in [-0.4, -0.2) is 41.3 Å². The Kier molecular flexibility index (Phi) is 6.57. The summed E-state index contributed by atoms with van der Waals surface area (Å²) < 4.78 is 5.15. The predicted octanol–water partition coefficient (Wildman–Crippen LogP) is 1.32. The van der Waals surface area contributed by atoms with Crippen LogP contribution >= 0.6 is 23.2 Å².